The molecule has 4 heterocycles. The summed E-state index contributed by atoms with van der Waals surface area (Å²) in [6.07, 6.45) is -1.33. The van der Waals surface area contributed by atoms with Gasteiger partial charge in [0.15, 0.2) is 23.8 Å². The molecule has 1 saturated heterocycles. The first-order valence-corrected chi connectivity index (χ1v) is 9.95. The van der Waals surface area contributed by atoms with Gasteiger partial charge in [0.25, 0.3) is 5.91 Å². The maximum atomic E-state index is 12.7. The SMILES string of the molecule is Nc1ncnc2c1ncn2[C@@H]1O[C@H](C(=O)Nc2ccc(Oc3ccccc3)nc2)[C@@H](O)[C@H]1O. The van der Waals surface area contributed by atoms with E-state index in [9.17, 15) is 15.0 Å². The number of anilines is 2. The van der Waals surface area contributed by atoms with E-state index in [-0.39, 0.29) is 5.82 Å². The minimum Gasteiger partial charge on any atom is -0.439 e. The summed E-state index contributed by atoms with van der Waals surface area (Å²) in [5, 5.41) is 23.6. The van der Waals surface area contributed by atoms with E-state index in [1.807, 2.05) is 18.2 Å². The van der Waals surface area contributed by atoms with Crippen LogP contribution in [0.5, 0.6) is 11.6 Å². The van der Waals surface area contributed by atoms with Crippen molar-refractivity contribution in [3.05, 3.63) is 61.3 Å². The van der Waals surface area contributed by atoms with E-state index in [2.05, 4.69) is 25.3 Å². The molecule has 12 nitrogen and oxygen atoms in total. The second-order valence-corrected chi connectivity index (χ2v) is 7.30. The van der Waals surface area contributed by atoms with Crippen LogP contribution < -0.4 is 15.8 Å². The summed E-state index contributed by atoms with van der Waals surface area (Å²) in [6.45, 7) is 0. The molecule has 1 amide bonds. The van der Waals surface area contributed by atoms with Crippen molar-refractivity contribution in [1.29, 1.82) is 0 Å². The van der Waals surface area contributed by atoms with Crippen LogP contribution in [0.25, 0.3) is 11.2 Å². The van der Waals surface area contributed by atoms with Gasteiger partial charge in [-0.2, -0.15) is 0 Å². The standard InChI is InChI=1S/C21H19N7O5/c22-18-14-19(25-9-24-18)28(10-26-14)21-16(30)15(29)17(33-21)20(31)27-11-6-7-13(23-8-11)32-12-4-2-1-3-5-12/h1-10,15-17,21,29-30H,(H,27,31)(H2,22,24,25)/t15-,16+,17-,21+/m0/s1. The molecule has 0 bridgehead atoms. The van der Waals surface area contributed by atoms with Gasteiger partial charge in [-0.1, -0.05) is 18.2 Å². The van der Waals surface area contributed by atoms with E-state index in [1.165, 1.54) is 23.4 Å². The molecule has 1 aromatic carbocycles. The molecule has 0 spiro atoms. The summed E-state index contributed by atoms with van der Waals surface area (Å²) in [5.74, 6) is 0.484. The lowest BCUT2D eigenvalue weighted by Crippen LogP contribution is -2.39. The van der Waals surface area contributed by atoms with Gasteiger partial charge in [0.05, 0.1) is 18.2 Å². The van der Waals surface area contributed by atoms with E-state index in [0.29, 0.717) is 28.5 Å². The van der Waals surface area contributed by atoms with Crippen LogP contribution >= 0.6 is 0 Å². The molecular weight excluding hydrogens is 430 g/mol. The van der Waals surface area contributed by atoms with Crippen molar-refractivity contribution in [2.75, 3.05) is 11.1 Å². The van der Waals surface area contributed by atoms with Crippen LogP contribution in [0.2, 0.25) is 0 Å². The molecule has 12 heteroatoms. The number of para-hydroxylation sites is 1. The highest BCUT2D eigenvalue weighted by molar-refractivity contribution is 5.94. The molecule has 33 heavy (non-hydrogen) atoms. The number of benzene rings is 1. The van der Waals surface area contributed by atoms with Crippen LogP contribution in [-0.2, 0) is 9.53 Å². The topological polar surface area (TPSA) is 171 Å². The number of hydrogen-bond donors (Lipinski definition) is 4. The summed E-state index contributed by atoms with van der Waals surface area (Å²) >= 11 is 0. The maximum absolute atomic E-state index is 12.7. The number of amides is 1. The zero-order chi connectivity index (χ0) is 22.9. The first-order chi connectivity index (χ1) is 16.0. The van der Waals surface area contributed by atoms with E-state index < -0.39 is 30.4 Å². The number of nitrogens with zero attached hydrogens (tertiary/aromatic N) is 5. The first kappa shape index (κ1) is 20.8. The lowest BCUT2D eigenvalue weighted by molar-refractivity contribution is -0.132. The fraction of sp³-hybridized carbons (Fsp3) is 0.190. The zero-order valence-electron chi connectivity index (χ0n) is 17.0. The molecule has 3 aromatic heterocycles. The van der Waals surface area contributed by atoms with Crippen LogP contribution in [0.4, 0.5) is 11.5 Å². The van der Waals surface area contributed by atoms with Gasteiger partial charge in [0, 0.05) is 6.07 Å². The first-order valence-electron chi connectivity index (χ1n) is 9.95. The van der Waals surface area contributed by atoms with E-state index in [0.717, 1.165) is 0 Å². The molecule has 4 atom stereocenters. The maximum Gasteiger partial charge on any atom is 0.256 e. The summed E-state index contributed by atoms with van der Waals surface area (Å²) in [6, 6.07) is 12.3. The molecule has 1 fully saturated rings. The Hall–Kier alpha value is -4.13. The van der Waals surface area contributed by atoms with Crippen molar-refractivity contribution in [2.45, 2.75) is 24.5 Å². The molecule has 0 saturated carbocycles. The molecule has 5 N–H and O–H groups in total. The lowest BCUT2D eigenvalue weighted by atomic mass is 10.1. The number of carbonyl (C=O) groups excluding carboxylic acids is 1. The van der Waals surface area contributed by atoms with E-state index in [1.54, 1.807) is 24.3 Å². The number of hydrogen-bond acceptors (Lipinski definition) is 10. The predicted octanol–water partition coefficient (Wildman–Crippen LogP) is 0.854. The van der Waals surface area contributed by atoms with Crippen LogP contribution in [0.3, 0.4) is 0 Å². The Morgan fingerprint density at radius 2 is 1.88 bits per heavy atom. The molecule has 1 aliphatic heterocycles. The number of nitrogen functional groups attached to an aromatic ring is 1. The minimum absolute atomic E-state index is 0.160. The molecule has 168 valence electrons. The highest BCUT2D eigenvalue weighted by atomic mass is 16.6. The smallest absolute Gasteiger partial charge is 0.256 e. The highest BCUT2D eigenvalue weighted by Gasteiger charge is 2.47. The summed E-state index contributed by atoms with van der Waals surface area (Å²) in [7, 11) is 0. The Balaban J connectivity index is 1.28. The molecule has 0 unspecified atom stereocenters. The number of ether oxygens (including phenoxy) is 2. The van der Waals surface area contributed by atoms with Gasteiger partial charge < -0.3 is 30.7 Å². The molecule has 1 aliphatic rings. The molecule has 0 radical (unpaired) electrons. The normalized spacial score (nSPS) is 22.4. The predicted molar refractivity (Wildman–Crippen MR) is 115 cm³/mol. The monoisotopic (exact) mass is 449 g/mol. The Labute approximate surface area is 186 Å². The molecule has 0 aliphatic carbocycles. The zero-order valence-corrected chi connectivity index (χ0v) is 17.0. The second-order valence-electron chi connectivity index (χ2n) is 7.30. The number of pyridine rings is 1. The number of rotatable bonds is 5. The summed E-state index contributed by atoms with van der Waals surface area (Å²) in [4.78, 5) is 29.0. The van der Waals surface area contributed by atoms with Gasteiger partial charge in [-0.15, -0.1) is 0 Å². The molecule has 5 rings (SSSR count). The number of aliphatic hydroxyl groups excluding tert-OH is 2. The second kappa shape index (κ2) is 8.43. The summed E-state index contributed by atoms with van der Waals surface area (Å²) < 4.78 is 12.7. The largest absolute Gasteiger partial charge is 0.439 e. The van der Waals surface area contributed by atoms with Gasteiger partial charge in [-0.25, -0.2) is 19.9 Å². The Kier molecular flexibility index (Phi) is 5.30. The third-order valence-electron chi connectivity index (χ3n) is 5.13. The Morgan fingerprint density at radius 1 is 1.06 bits per heavy atom. The van der Waals surface area contributed by atoms with Gasteiger partial charge in [0.2, 0.25) is 5.88 Å². The average Bonchev–Trinajstić information content (AvgIpc) is 3.38. The number of imidazole rings is 1. The highest BCUT2D eigenvalue weighted by Crippen LogP contribution is 2.32. The van der Waals surface area contributed by atoms with Crippen LogP contribution in [-0.4, -0.2) is 58.9 Å². The number of nitrogens with two attached hydrogens (primary N) is 1. The fourth-order valence-electron chi connectivity index (χ4n) is 3.50. The number of aromatic nitrogens is 5. The number of fused-ring (bicyclic) bond motifs is 1. The van der Waals surface area contributed by atoms with Crippen molar-refractivity contribution in [3.63, 3.8) is 0 Å². The van der Waals surface area contributed by atoms with E-state index in [4.69, 9.17) is 15.2 Å². The third-order valence-corrected chi connectivity index (χ3v) is 5.13. The van der Waals surface area contributed by atoms with Crippen LogP contribution in [0, 0.1) is 0 Å². The van der Waals surface area contributed by atoms with Crippen molar-refractivity contribution >= 4 is 28.6 Å². The molecular formula is C21H19N7O5. The third kappa shape index (κ3) is 3.93. The minimum atomic E-state index is -1.49. The van der Waals surface area contributed by atoms with Crippen LogP contribution in [0.1, 0.15) is 6.23 Å². The van der Waals surface area contributed by atoms with E-state index >= 15 is 0 Å². The number of nitrogens with one attached hydrogen (secondary N) is 1. The lowest BCUT2D eigenvalue weighted by Gasteiger charge is -2.16. The number of aliphatic hydroxyl groups is 2. The summed E-state index contributed by atoms with van der Waals surface area (Å²) in [5.41, 5.74) is 6.77. The van der Waals surface area contributed by atoms with Crippen LogP contribution in [0.15, 0.2) is 61.3 Å². The van der Waals surface area contributed by atoms with Gasteiger partial charge in [-0.3, -0.25) is 9.36 Å². The Morgan fingerprint density at radius 3 is 2.64 bits per heavy atom. The van der Waals surface area contributed by atoms with Gasteiger partial charge in [-0.05, 0) is 18.2 Å². The van der Waals surface area contributed by atoms with Crippen molar-refractivity contribution in [3.8, 4) is 11.6 Å². The number of carbonyl (C=O) groups is 1. The average molecular weight is 449 g/mol. The van der Waals surface area contributed by atoms with Crippen molar-refractivity contribution < 1.29 is 24.5 Å². The Bertz CT molecular complexity index is 1280. The quantitative estimate of drug-likeness (QED) is 0.342. The molecule has 4 aromatic rings. The van der Waals surface area contributed by atoms with Crippen molar-refractivity contribution in [1.82, 2.24) is 24.5 Å². The van der Waals surface area contributed by atoms with Gasteiger partial charge in [0.1, 0.15) is 29.8 Å². The van der Waals surface area contributed by atoms with Gasteiger partial charge >= 0.3 is 0 Å². The fourth-order valence-corrected chi connectivity index (χ4v) is 3.50. The van der Waals surface area contributed by atoms with Crippen molar-refractivity contribution in [2.24, 2.45) is 0 Å².